The number of nitrogens with one attached hydrogen (secondary N) is 1. The zero-order valence-electron chi connectivity index (χ0n) is 11.4. The number of rotatable bonds is 6. The first-order valence-electron chi connectivity index (χ1n) is 6.02. The van der Waals surface area contributed by atoms with E-state index >= 15 is 0 Å². The fourth-order valence-electron chi connectivity index (χ4n) is 1.57. The molecule has 0 fully saturated rings. The summed E-state index contributed by atoms with van der Waals surface area (Å²) in [6.45, 7) is 1.96. The van der Waals surface area contributed by atoms with Crippen molar-refractivity contribution in [3.8, 4) is 0 Å². The van der Waals surface area contributed by atoms with Crippen LogP contribution in [-0.4, -0.2) is 37.0 Å². The first-order valence-corrected chi connectivity index (χ1v) is 7.42. The summed E-state index contributed by atoms with van der Waals surface area (Å²) in [5.41, 5.74) is 1.63. The van der Waals surface area contributed by atoms with Crippen molar-refractivity contribution in [1.82, 2.24) is 5.32 Å². The first-order chi connectivity index (χ1) is 9.08. The summed E-state index contributed by atoms with van der Waals surface area (Å²) in [5.74, 6) is 0.125. The topological polar surface area (TPSA) is 55.4 Å². The molecule has 0 saturated carbocycles. The van der Waals surface area contributed by atoms with Gasteiger partial charge in [0.05, 0.1) is 7.11 Å². The van der Waals surface area contributed by atoms with Gasteiger partial charge >= 0.3 is 5.97 Å². The van der Waals surface area contributed by atoms with Crippen molar-refractivity contribution in [3.63, 3.8) is 0 Å². The lowest BCUT2D eigenvalue weighted by atomic mass is 10.1. The Labute approximate surface area is 117 Å². The maximum atomic E-state index is 12.0. The Hall–Kier alpha value is -1.49. The van der Waals surface area contributed by atoms with Crippen LogP contribution >= 0.6 is 11.8 Å². The van der Waals surface area contributed by atoms with Gasteiger partial charge in [-0.15, -0.1) is 0 Å². The van der Waals surface area contributed by atoms with Crippen LogP contribution in [0.2, 0.25) is 0 Å². The quantitative estimate of drug-likeness (QED) is 0.811. The summed E-state index contributed by atoms with van der Waals surface area (Å²) in [7, 11) is 1.33. The van der Waals surface area contributed by atoms with Gasteiger partial charge < -0.3 is 10.1 Å². The monoisotopic (exact) mass is 281 g/mol. The number of carbonyl (C=O) groups is 2. The van der Waals surface area contributed by atoms with Gasteiger partial charge in [-0.05, 0) is 37.5 Å². The van der Waals surface area contributed by atoms with Crippen molar-refractivity contribution in [2.75, 3.05) is 19.1 Å². The van der Waals surface area contributed by atoms with Gasteiger partial charge in [0.2, 0.25) is 0 Å². The molecule has 4 nitrogen and oxygen atoms in total. The minimum Gasteiger partial charge on any atom is -0.467 e. The van der Waals surface area contributed by atoms with E-state index in [0.29, 0.717) is 12.0 Å². The zero-order chi connectivity index (χ0) is 14.3. The largest absolute Gasteiger partial charge is 0.467 e. The van der Waals surface area contributed by atoms with Gasteiger partial charge in [-0.2, -0.15) is 11.8 Å². The van der Waals surface area contributed by atoms with Crippen molar-refractivity contribution in [2.45, 2.75) is 19.4 Å². The lowest BCUT2D eigenvalue weighted by molar-refractivity contribution is -0.142. The third-order valence-corrected chi connectivity index (χ3v) is 3.36. The molecule has 0 aliphatic heterocycles. The predicted molar refractivity (Wildman–Crippen MR) is 77.4 cm³/mol. The lowest BCUT2D eigenvalue weighted by Gasteiger charge is -2.16. The van der Waals surface area contributed by atoms with Crippen LogP contribution in [0.4, 0.5) is 0 Å². The fraction of sp³-hybridized carbons (Fsp3) is 0.429. The van der Waals surface area contributed by atoms with Gasteiger partial charge in [-0.25, -0.2) is 4.79 Å². The van der Waals surface area contributed by atoms with E-state index < -0.39 is 12.0 Å². The van der Waals surface area contributed by atoms with Gasteiger partial charge in [0, 0.05) is 5.56 Å². The molecule has 0 unspecified atom stereocenters. The van der Waals surface area contributed by atoms with Gasteiger partial charge in [0.15, 0.2) is 0 Å². The van der Waals surface area contributed by atoms with E-state index in [0.717, 1.165) is 11.3 Å². The molecule has 0 heterocycles. The van der Waals surface area contributed by atoms with Gasteiger partial charge in [0.1, 0.15) is 6.04 Å². The Kier molecular flexibility index (Phi) is 6.42. The molecule has 19 heavy (non-hydrogen) atoms. The minimum absolute atomic E-state index is 0.253. The average Bonchev–Trinajstić information content (AvgIpc) is 2.43. The molecule has 0 saturated heterocycles. The fourth-order valence-corrected chi connectivity index (χ4v) is 2.04. The Morgan fingerprint density at radius 1 is 1.32 bits per heavy atom. The number of hydrogen-bond donors (Lipinski definition) is 1. The second-order valence-corrected chi connectivity index (χ2v) is 5.18. The number of hydrogen-bond acceptors (Lipinski definition) is 4. The standard InChI is InChI=1S/C14H19NO3S/c1-10-4-6-11(7-5-10)13(16)15-12(8-9-19-3)14(17)18-2/h4-7,12H,8-9H2,1-3H3,(H,15,16)/t12-/m0/s1. The summed E-state index contributed by atoms with van der Waals surface area (Å²) < 4.78 is 4.70. The molecule has 104 valence electrons. The second-order valence-electron chi connectivity index (χ2n) is 4.20. The summed E-state index contributed by atoms with van der Waals surface area (Å²) in [5, 5.41) is 2.71. The SMILES string of the molecule is COC(=O)[C@H](CCSC)NC(=O)c1ccc(C)cc1. The maximum absolute atomic E-state index is 12.0. The summed E-state index contributed by atoms with van der Waals surface area (Å²) in [4.78, 5) is 23.6. The van der Waals surface area contributed by atoms with Crippen LogP contribution in [-0.2, 0) is 9.53 Å². The maximum Gasteiger partial charge on any atom is 0.328 e. The molecule has 1 aromatic rings. The van der Waals surface area contributed by atoms with E-state index in [1.165, 1.54) is 7.11 Å². The summed E-state index contributed by atoms with van der Waals surface area (Å²) >= 11 is 1.62. The molecular weight excluding hydrogens is 262 g/mol. The molecule has 0 aliphatic carbocycles. The normalized spacial score (nSPS) is 11.7. The van der Waals surface area contributed by atoms with Gasteiger partial charge in [-0.3, -0.25) is 4.79 Å². The van der Waals surface area contributed by atoms with Crippen molar-refractivity contribution in [3.05, 3.63) is 35.4 Å². The van der Waals surface area contributed by atoms with Crippen LogP contribution in [0.15, 0.2) is 24.3 Å². The minimum atomic E-state index is -0.591. The number of aryl methyl sites for hydroxylation is 1. The molecule has 1 amide bonds. The summed E-state index contributed by atoms with van der Waals surface area (Å²) in [6, 6.07) is 6.63. The van der Waals surface area contributed by atoms with Crippen molar-refractivity contribution in [1.29, 1.82) is 0 Å². The van der Waals surface area contributed by atoms with E-state index in [-0.39, 0.29) is 5.91 Å². The molecule has 0 radical (unpaired) electrons. The number of esters is 1. The molecule has 1 N–H and O–H groups in total. The first kappa shape index (κ1) is 15.6. The number of benzene rings is 1. The summed E-state index contributed by atoms with van der Waals surface area (Å²) in [6.07, 6.45) is 2.52. The number of thioether (sulfide) groups is 1. The van der Waals surface area contributed by atoms with Crippen LogP contribution in [0.1, 0.15) is 22.3 Å². The van der Waals surface area contributed by atoms with Crippen molar-refractivity contribution < 1.29 is 14.3 Å². The smallest absolute Gasteiger partial charge is 0.328 e. The van der Waals surface area contributed by atoms with Gasteiger partial charge in [0.25, 0.3) is 5.91 Å². The van der Waals surface area contributed by atoms with Crippen LogP contribution in [0.3, 0.4) is 0 Å². The zero-order valence-corrected chi connectivity index (χ0v) is 12.3. The molecule has 1 atom stereocenters. The number of methoxy groups -OCH3 is 1. The van der Waals surface area contributed by atoms with E-state index in [1.54, 1.807) is 23.9 Å². The molecular formula is C14H19NO3S. The van der Waals surface area contributed by atoms with E-state index in [4.69, 9.17) is 4.74 Å². The Balaban J connectivity index is 2.69. The molecule has 0 bridgehead atoms. The van der Waals surface area contributed by atoms with E-state index in [1.807, 2.05) is 25.3 Å². The van der Waals surface area contributed by atoms with E-state index in [9.17, 15) is 9.59 Å². The van der Waals surface area contributed by atoms with Crippen LogP contribution in [0.5, 0.6) is 0 Å². The predicted octanol–water partition coefficient (Wildman–Crippen LogP) is 2.02. The second kappa shape index (κ2) is 7.84. The van der Waals surface area contributed by atoms with Crippen molar-refractivity contribution >= 4 is 23.6 Å². The lowest BCUT2D eigenvalue weighted by Crippen LogP contribution is -2.41. The highest BCUT2D eigenvalue weighted by atomic mass is 32.2. The van der Waals surface area contributed by atoms with Crippen LogP contribution in [0.25, 0.3) is 0 Å². The third-order valence-electron chi connectivity index (χ3n) is 2.72. The number of ether oxygens (including phenoxy) is 1. The van der Waals surface area contributed by atoms with Crippen LogP contribution < -0.4 is 5.32 Å². The van der Waals surface area contributed by atoms with E-state index in [2.05, 4.69) is 5.32 Å². The number of carbonyl (C=O) groups excluding carboxylic acids is 2. The van der Waals surface area contributed by atoms with Gasteiger partial charge in [-0.1, -0.05) is 17.7 Å². The Bertz CT molecular complexity index is 431. The molecule has 0 aromatic heterocycles. The Morgan fingerprint density at radius 3 is 2.47 bits per heavy atom. The molecule has 1 rings (SSSR count). The Morgan fingerprint density at radius 2 is 1.95 bits per heavy atom. The highest BCUT2D eigenvalue weighted by molar-refractivity contribution is 7.98. The number of amides is 1. The third kappa shape index (κ3) is 4.95. The highest BCUT2D eigenvalue weighted by Gasteiger charge is 2.21. The highest BCUT2D eigenvalue weighted by Crippen LogP contribution is 2.06. The molecule has 0 spiro atoms. The van der Waals surface area contributed by atoms with Crippen molar-refractivity contribution in [2.24, 2.45) is 0 Å². The molecule has 1 aromatic carbocycles. The van der Waals surface area contributed by atoms with Crippen LogP contribution in [0, 0.1) is 6.92 Å². The molecule has 0 aliphatic rings. The average molecular weight is 281 g/mol. The molecule has 5 heteroatoms.